The molecule has 0 nitrogen and oxygen atoms in total. The standard InChI is InChI=1S/C35H58/c1-20-19-26(21(20)2)31-32(6,7)28(25-15-11-12-16-25)29-30-27(35(30)17-13-14-18-35)23(4)22(3)24(5)34(29,10)33(31,8)9/h20-23,25-31H,5,11-19H2,1-4,6-10H3. The van der Waals surface area contributed by atoms with Crippen LogP contribution in [0.3, 0.4) is 0 Å². The molecule has 0 aromatic heterocycles. The van der Waals surface area contributed by atoms with Gasteiger partial charge in [-0.25, -0.2) is 0 Å². The van der Waals surface area contributed by atoms with Crippen LogP contribution in [0, 0.1) is 86.8 Å². The van der Waals surface area contributed by atoms with Gasteiger partial charge in [0.25, 0.3) is 0 Å². The van der Waals surface area contributed by atoms with E-state index in [-0.39, 0.29) is 5.41 Å². The summed E-state index contributed by atoms with van der Waals surface area (Å²) in [5, 5.41) is 0. The highest BCUT2D eigenvalue weighted by Gasteiger charge is 2.79. The maximum Gasteiger partial charge on any atom is -0.00281 e. The highest BCUT2D eigenvalue weighted by Crippen LogP contribution is 2.84. The van der Waals surface area contributed by atoms with Gasteiger partial charge in [0.1, 0.15) is 0 Å². The maximum atomic E-state index is 5.11. The Balaban J connectivity index is 1.56. The van der Waals surface area contributed by atoms with Crippen molar-refractivity contribution in [3.8, 4) is 0 Å². The minimum absolute atomic E-state index is 0.262. The lowest BCUT2D eigenvalue weighted by Gasteiger charge is -2.72. The molecule has 35 heavy (non-hydrogen) atoms. The molecule has 0 aliphatic heterocycles. The Labute approximate surface area is 218 Å². The quantitative estimate of drug-likeness (QED) is 0.346. The van der Waals surface area contributed by atoms with Gasteiger partial charge >= 0.3 is 0 Å². The second-order valence-electron chi connectivity index (χ2n) is 16.7. The smallest absolute Gasteiger partial charge is 0.00281 e. The van der Waals surface area contributed by atoms with Gasteiger partial charge in [0.2, 0.25) is 0 Å². The molecule has 0 N–H and O–H groups in total. The van der Waals surface area contributed by atoms with Crippen molar-refractivity contribution in [1.29, 1.82) is 0 Å². The summed E-state index contributed by atoms with van der Waals surface area (Å²) < 4.78 is 0. The molecule has 6 saturated carbocycles. The summed E-state index contributed by atoms with van der Waals surface area (Å²) in [6.45, 7) is 29.4. The first-order valence-electron chi connectivity index (χ1n) is 16.0. The first-order chi connectivity index (χ1) is 16.3. The average molecular weight is 479 g/mol. The van der Waals surface area contributed by atoms with Gasteiger partial charge in [-0.3, -0.25) is 0 Å². The molecule has 6 rings (SSSR count). The highest BCUT2D eigenvalue weighted by atomic mass is 14.8. The van der Waals surface area contributed by atoms with Crippen molar-refractivity contribution in [2.75, 3.05) is 0 Å². The minimum Gasteiger partial charge on any atom is -0.0990 e. The van der Waals surface area contributed by atoms with E-state index in [2.05, 4.69) is 62.3 Å². The molecule has 1 spiro atoms. The van der Waals surface area contributed by atoms with Crippen LogP contribution in [0.5, 0.6) is 0 Å². The lowest BCUT2D eigenvalue weighted by atomic mass is 9.32. The van der Waals surface area contributed by atoms with E-state index in [1.165, 1.54) is 57.8 Å². The molecule has 0 amide bonds. The third-order valence-corrected chi connectivity index (χ3v) is 15.5. The van der Waals surface area contributed by atoms with Crippen molar-refractivity contribution in [2.24, 2.45) is 86.8 Å². The van der Waals surface area contributed by atoms with Crippen molar-refractivity contribution in [2.45, 2.75) is 120 Å². The lowest BCUT2D eigenvalue weighted by molar-refractivity contribution is -0.222. The molecule has 0 aromatic carbocycles. The van der Waals surface area contributed by atoms with Gasteiger partial charge in [0.05, 0.1) is 0 Å². The lowest BCUT2D eigenvalue weighted by Crippen LogP contribution is -2.66. The Kier molecular flexibility index (Phi) is 5.48. The van der Waals surface area contributed by atoms with E-state index in [0.717, 1.165) is 59.2 Å². The van der Waals surface area contributed by atoms with E-state index in [9.17, 15) is 0 Å². The average Bonchev–Trinajstić information content (AvgIpc) is 3.18. The maximum absolute atomic E-state index is 5.11. The fourth-order valence-electron chi connectivity index (χ4n) is 13.5. The summed E-state index contributed by atoms with van der Waals surface area (Å²) in [7, 11) is 0. The first-order valence-corrected chi connectivity index (χ1v) is 16.0. The zero-order valence-corrected chi connectivity index (χ0v) is 24.9. The summed E-state index contributed by atoms with van der Waals surface area (Å²) >= 11 is 0. The fourth-order valence-corrected chi connectivity index (χ4v) is 13.5. The summed E-state index contributed by atoms with van der Waals surface area (Å²) in [4.78, 5) is 0. The number of hydrogen-bond acceptors (Lipinski definition) is 0. The molecule has 0 aromatic rings. The van der Waals surface area contributed by atoms with Gasteiger partial charge < -0.3 is 0 Å². The predicted octanol–water partition coefficient (Wildman–Crippen LogP) is 10.0. The number of fused-ring (bicyclic) bond motifs is 5. The second kappa shape index (κ2) is 7.65. The topological polar surface area (TPSA) is 0 Å². The van der Waals surface area contributed by atoms with Crippen LogP contribution in [-0.2, 0) is 0 Å². The van der Waals surface area contributed by atoms with E-state index in [0.29, 0.717) is 22.2 Å². The van der Waals surface area contributed by atoms with Crippen LogP contribution in [-0.4, -0.2) is 0 Å². The monoisotopic (exact) mass is 478 g/mol. The van der Waals surface area contributed by atoms with Gasteiger partial charge in [0, 0.05) is 0 Å². The van der Waals surface area contributed by atoms with Crippen molar-refractivity contribution < 1.29 is 0 Å². The normalized spacial score (nSPS) is 54.1. The third kappa shape index (κ3) is 2.87. The van der Waals surface area contributed by atoms with E-state index >= 15 is 0 Å². The first kappa shape index (κ1) is 25.0. The van der Waals surface area contributed by atoms with Crippen molar-refractivity contribution in [3.63, 3.8) is 0 Å². The van der Waals surface area contributed by atoms with Gasteiger partial charge in [-0.15, -0.1) is 0 Å². The van der Waals surface area contributed by atoms with Crippen LogP contribution in [0.15, 0.2) is 12.2 Å². The van der Waals surface area contributed by atoms with Crippen molar-refractivity contribution in [1.82, 2.24) is 0 Å². The molecule has 198 valence electrons. The van der Waals surface area contributed by atoms with E-state index in [4.69, 9.17) is 6.58 Å². The largest absolute Gasteiger partial charge is 0.0990 e. The molecular formula is C35H58. The molecule has 6 aliphatic rings. The molecule has 6 aliphatic carbocycles. The van der Waals surface area contributed by atoms with Crippen LogP contribution in [0.25, 0.3) is 0 Å². The van der Waals surface area contributed by atoms with Crippen LogP contribution in [0.2, 0.25) is 0 Å². The molecule has 0 saturated heterocycles. The van der Waals surface area contributed by atoms with Crippen LogP contribution < -0.4 is 0 Å². The number of rotatable bonds is 2. The Bertz CT molecular complexity index is 862. The van der Waals surface area contributed by atoms with Gasteiger partial charge in [-0.1, -0.05) is 113 Å². The minimum atomic E-state index is 0.262. The zero-order valence-electron chi connectivity index (χ0n) is 24.9. The third-order valence-electron chi connectivity index (χ3n) is 15.5. The molecular weight excluding hydrogens is 420 g/mol. The van der Waals surface area contributed by atoms with E-state index in [1.807, 2.05) is 0 Å². The predicted molar refractivity (Wildman–Crippen MR) is 150 cm³/mol. The Morgan fingerprint density at radius 3 is 1.86 bits per heavy atom. The van der Waals surface area contributed by atoms with E-state index < -0.39 is 0 Å². The molecule has 0 heteroatoms. The van der Waals surface area contributed by atoms with Crippen molar-refractivity contribution >= 4 is 0 Å². The van der Waals surface area contributed by atoms with Gasteiger partial charge in [-0.05, 0) is 106 Å². The van der Waals surface area contributed by atoms with Crippen LogP contribution >= 0.6 is 0 Å². The SMILES string of the molecule is C=C1C(C)C(C)C2C(C3C(C4CCCC4)C(C)(C)C(C4CC(C)C4C)C(C)(C)C13C)C21CCCC1. The number of allylic oxidation sites excluding steroid dienone is 1. The Morgan fingerprint density at radius 2 is 1.31 bits per heavy atom. The Hall–Kier alpha value is -0.260. The Morgan fingerprint density at radius 1 is 0.714 bits per heavy atom. The van der Waals surface area contributed by atoms with Gasteiger partial charge in [0.15, 0.2) is 0 Å². The summed E-state index contributed by atoms with van der Waals surface area (Å²) in [5.74, 6) is 9.61. The van der Waals surface area contributed by atoms with Crippen LogP contribution in [0.4, 0.5) is 0 Å². The summed E-state index contributed by atoms with van der Waals surface area (Å²) in [5.41, 5.74) is 3.35. The number of hydrogen-bond donors (Lipinski definition) is 0. The molecule has 11 unspecified atom stereocenters. The zero-order chi connectivity index (χ0) is 25.3. The van der Waals surface area contributed by atoms with Gasteiger partial charge in [-0.2, -0.15) is 0 Å². The highest BCUT2D eigenvalue weighted by molar-refractivity contribution is 5.34. The molecule has 0 heterocycles. The second-order valence-corrected chi connectivity index (χ2v) is 16.7. The summed E-state index contributed by atoms with van der Waals surface area (Å²) in [6, 6.07) is 0. The summed E-state index contributed by atoms with van der Waals surface area (Å²) in [6.07, 6.45) is 13.5. The molecule has 11 atom stereocenters. The van der Waals surface area contributed by atoms with E-state index in [1.54, 1.807) is 5.57 Å². The molecule has 0 radical (unpaired) electrons. The molecule has 0 bridgehead atoms. The fraction of sp³-hybridized carbons (Fsp3) is 0.943. The van der Waals surface area contributed by atoms with Crippen LogP contribution in [0.1, 0.15) is 120 Å². The van der Waals surface area contributed by atoms with Crippen molar-refractivity contribution in [3.05, 3.63) is 12.2 Å². The molecule has 6 fully saturated rings.